The highest BCUT2D eigenvalue weighted by Crippen LogP contribution is 2.26. The Labute approximate surface area is 112 Å². The molecule has 0 amide bonds. The number of nitro benzene ring substituents is 1. The maximum absolute atomic E-state index is 10.8. The fraction of sp³-hybridized carbons (Fsp3) is 0.500. The van der Waals surface area contributed by atoms with Crippen LogP contribution in [-0.2, 0) is 0 Å². The summed E-state index contributed by atoms with van der Waals surface area (Å²) in [5, 5.41) is 14.1. The molecule has 1 aliphatic rings. The first-order chi connectivity index (χ1) is 8.27. The van der Waals surface area contributed by atoms with Crippen molar-refractivity contribution in [3.63, 3.8) is 0 Å². The van der Waals surface area contributed by atoms with E-state index >= 15 is 0 Å². The van der Waals surface area contributed by atoms with Crippen LogP contribution in [0.15, 0.2) is 24.3 Å². The third-order valence-electron chi connectivity index (χ3n) is 2.94. The normalized spacial score (nSPS) is 18.8. The zero-order chi connectivity index (χ0) is 12.1. The molecule has 0 aromatic heterocycles. The molecule has 1 aromatic carbocycles. The highest BCUT2D eigenvalue weighted by Gasteiger charge is 2.17. The zero-order valence-electron chi connectivity index (χ0n) is 10.0. The Balaban J connectivity index is 0.00000162. The molecule has 1 unspecified atom stereocenters. The maximum Gasteiger partial charge on any atom is 0.310 e. The molecule has 1 heterocycles. The second-order valence-corrected chi connectivity index (χ2v) is 4.25. The zero-order valence-corrected chi connectivity index (χ0v) is 10.8. The van der Waals surface area contributed by atoms with E-state index in [1.165, 1.54) is 6.07 Å². The number of ether oxygens (including phenoxy) is 1. The van der Waals surface area contributed by atoms with Crippen LogP contribution in [0.1, 0.15) is 12.8 Å². The molecule has 0 saturated carbocycles. The summed E-state index contributed by atoms with van der Waals surface area (Å²) < 4.78 is 5.56. The van der Waals surface area contributed by atoms with Gasteiger partial charge in [0.05, 0.1) is 11.5 Å². The van der Waals surface area contributed by atoms with E-state index in [0.29, 0.717) is 18.3 Å². The minimum Gasteiger partial charge on any atom is -0.486 e. The fourth-order valence-corrected chi connectivity index (χ4v) is 2.00. The first kappa shape index (κ1) is 14.7. The van der Waals surface area contributed by atoms with Crippen molar-refractivity contribution in [2.75, 3.05) is 19.7 Å². The van der Waals surface area contributed by atoms with Crippen LogP contribution in [-0.4, -0.2) is 24.6 Å². The van der Waals surface area contributed by atoms with Gasteiger partial charge in [0.25, 0.3) is 0 Å². The van der Waals surface area contributed by atoms with Gasteiger partial charge in [-0.3, -0.25) is 10.1 Å². The lowest BCUT2D eigenvalue weighted by Gasteiger charge is -2.22. The average Bonchev–Trinajstić information content (AvgIpc) is 2.38. The third-order valence-corrected chi connectivity index (χ3v) is 2.94. The van der Waals surface area contributed by atoms with Crippen molar-refractivity contribution in [3.05, 3.63) is 34.4 Å². The third kappa shape index (κ3) is 3.85. The first-order valence-electron chi connectivity index (χ1n) is 5.84. The fourth-order valence-electron chi connectivity index (χ4n) is 2.00. The van der Waals surface area contributed by atoms with Crippen LogP contribution in [0, 0.1) is 16.0 Å². The van der Waals surface area contributed by atoms with Gasteiger partial charge in [0.2, 0.25) is 0 Å². The van der Waals surface area contributed by atoms with Gasteiger partial charge in [-0.05, 0) is 25.5 Å². The molecule has 1 saturated heterocycles. The Morgan fingerprint density at radius 2 is 2.22 bits per heavy atom. The number of halogens is 1. The summed E-state index contributed by atoms with van der Waals surface area (Å²) in [7, 11) is 0. The van der Waals surface area contributed by atoms with Gasteiger partial charge in [-0.2, -0.15) is 0 Å². The summed E-state index contributed by atoms with van der Waals surface area (Å²) in [5.41, 5.74) is 0.0382. The predicted molar refractivity (Wildman–Crippen MR) is 71.4 cm³/mol. The van der Waals surface area contributed by atoms with E-state index in [2.05, 4.69) is 5.32 Å². The van der Waals surface area contributed by atoms with E-state index in [1.807, 2.05) is 0 Å². The van der Waals surface area contributed by atoms with Crippen LogP contribution < -0.4 is 10.1 Å². The Hall–Kier alpha value is -1.33. The molecule has 1 atom stereocenters. The molecule has 0 radical (unpaired) electrons. The number of hydrogen-bond acceptors (Lipinski definition) is 4. The molecule has 1 N–H and O–H groups in total. The largest absolute Gasteiger partial charge is 0.486 e. The van der Waals surface area contributed by atoms with Gasteiger partial charge < -0.3 is 10.1 Å². The highest BCUT2D eigenvalue weighted by molar-refractivity contribution is 5.85. The van der Waals surface area contributed by atoms with Crippen molar-refractivity contribution in [2.45, 2.75) is 12.8 Å². The van der Waals surface area contributed by atoms with Crippen molar-refractivity contribution >= 4 is 18.1 Å². The molecule has 2 rings (SSSR count). The number of nitrogens with one attached hydrogen (secondary N) is 1. The lowest BCUT2D eigenvalue weighted by molar-refractivity contribution is -0.385. The molecule has 0 aliphatic carbocycles. The molecule has 0 bridgehead atoms. The van der Waals surface area contributed by atoms with Crippen LogP contribution in [0.5, 0.6) is 5.75 Å². The van der Waals surface area contributed by atoms with Gasteiger partial charge >= 0.3 is 5.69 Å². The second kappa shape index (κ2) is 7.18. The van der Waals surface area contributed by atoms with Crippen molar-refractivity contribution in [1.29, 1.82) is 0 Å². The van der Waals surface area contributed by atoms with Crippen LogP contribution in [0.4, 0.5) is 5.69 Å². The van der Waals surface area contributed by atoms with E-state index < -0.39 is 4.92 Å². The van der Waals surface area contributed by atoms with Crippen LogP contribution in [0.2, 0.25) is 0 Å². The van der Waals surface area contributed by atoms with Crippen LogP contribution in [0.3, 0.4) is 0 Å². The lowest BCUT2D eigenvalue weighted by atomic mass is 10.0. The van der Waals surface area contributed by atoms with E-state index in [-0.39, 0.29) is 18.1 Å². The van der Waals surface area contributed by atoms with Crippen molar-refractivity contribution in [1.82, 2.24) is 5.32 Å². The summed E-state index contributed by atoms with van der Waals surface area (Å²) in [6, 6.07) is 6.51. The molecule has 1 fully saturated rings. The minimum atomic E-state index is -0.408. The van der Waals surface area contributed by atoms with Gasteiger partial charge in [-0.25, -0.2) is 0 Å². The smallest absolute Gasteiger partial charge is 0.310 e. The average molecular weight is 273 g/mol. The first-order valence-corrected chi connectivity index (χ1v) is 5.84. The molecule has 6 heteroatoms. The molecule has 100 valence electrons. The summed E-state index contributed by atoms with van der Waals surface area (Å²) >= 11 is 0. The van der Waals surface area contributed by atoms with Gasteiger partial charge in [0.15, 0.2) is 5.75 Å². The summed E-state index contributed by atoms with van der Waals surface area (Å²) in [4.78, 5) is 10.4. The molecular formula is C12H17ClN2O3. The minimum absolute atomic E-state index is 0. The molecule has 0 spiro atoms. The van der Waals surface area contributed by atoms with Gasteiger partial charge in [-0.1, -0.05) is 12.1 Å². The molecule has 5 nitrogen and oxygen atoms in total. The number of rotatable bonds is 4. The standard InChI is InChI=1S/C12H16N2O3.ClH/c15-14(16)11-5-1-2-6-12(11)17-9-10-4-3-7-13-8-10;/h1-2,5-6,10,13H,3-4,7-9H2;1H. The topological polar surface area (TPSA) is 64.4 Å². The van der Waals surface area contributed by atoms with Crippen LogP contribution in [0.25, 0.3) is 0 Å². The Morgan fingerprint density at radius 1 is 1.44 bits per heavy atom. The van der Waals surface area contributed by atoms with Crippen molar-refractivity contribution < 1.29 is 9.66 Å². The van der Waals surface area contributed by atoms with Crippen molar-refractivity contribution in [3.8, 4) is 5.75 Å². The lowest BCUT2D eigenvalue weighted by Crippen LogP contribution is -2.33. The maximum atomic E-state index is 10.8. The van der Waals surface area contributed by atoms with E-state index in [4.69, 9.17) is 4.74 Å². The number of benzene rings is 1. The SMILES string of the molecule is Cl.O=[N+]([O-])c1ccccc1OCC1CCCNC1. The predicted octanol–water partition coefficient (Wildman–Crippen LogP) is 2.39. The van der Waals surface area contributed by atoms with Gasteiger partial charge in [-0.15, -0.1) is 12.4 Å². The van der Waals surface area contributed by atoms with E-state index in [0.717, 1.165) is 25.9 Å². The summed E-state index contributed by atoms with van der Waals surface area (Å²) in [5.74, 6) is 0.812. The number of para-hydroxylation sites is 2. The van der Waals surface area contributed by atoms with Crippen LogP contribution >= 0.6 is 12.4 Å². The van der Waals surface area contributed by atoms with E-state index in [9.17, 15) is 10.1 Å². The summed E-state index contributed by atoms with van der Waals surface area (Å²) in [6.45, 7) is 2.53. The summed E-state index contributed by atoms with van der Waals surface area (Å²) in [6.07, 6.45) is 2.26. The molecule has 1 aliphatic heterocycles. The molecule has 18 heavy (non-hydrogen) atoms. The highest BCUT2D eigenvalue weighted by atomic mass is 35.5. The monoisotopic (exact) mass is 272 g/mol. The quantitative estimate of drug-likeness (QED) is 0.675. The molecule has 1 aromatic rings. The van der Waals surface area contributed by atoms with Gasteiger partial charge in [0.1, 0.15) is 0 Å². The number of piperidine rings is 1. The second-order valence-electron chi connectivity index (χ2n) is 4.25. The number of nitrogens with zero attached hydrogens (tertiary/aromatic N) is 1. The molecular weight excluding hydrogens is 256 g/mol. The van der Waals surface area contributed by atoms with Gasteiger partial charge in [0, 0.05) is 18.5 Å². The number of nitro groups is 1. The Kier molecular flexibility index (Phi) is 5.88. The van der Waals surface area contributed by atoms with E-state index in [1.54, 1.807) is 18.2 Å². The Morgan fingerprint density at radius 3 is 2.89 bits per heavy atom. The number of hydrogen-bond donors (Lipinski definition) is 1. The van der Waals surface area contributed by atoms with Crippen molar-refractivity contribution in [2.24, 2.45) is 5.92 Å². The Bertz CT molecular complexity index is 395.